The van der Waals surface area contributed by atoms with E-state index in [1.54, 1.807) is 12.1 Å². The molecule has 41 heavy (non-hydrogen) atoms. The van der Waals surface area contributed by atoms with Crippen LogP contribution in [0.25, 0.3) is 6.08 Å². The van der Waals surface area contributed by atoms with E-state index in [1.165, 1.54) is 21.6 Å². The van der Waals surface area contributed by atoms with Crippen LogP contribution in [0.3, 0.4) is 0 Å². The molecular weight excluding hydrogens is 512 g/mol. The number of hydrogen-bond acceptors (Lipinski definition) is 5. The van der Waals surface area contributed by atoms with Gasteiger partial charge in [-0.05, 0) is 92.3 Å². The van der Waals surface area contributed by atoms with Crippen LogP contribution in [0.1, 0.15) is 45.1 Å². The molecule has 6 rings (SSSR count). The molecule has 0 spiro atoms. The number of aromatic hydroxyl groups is 1. The summed E-state index contributed by atoms with van der Waals surface area (Å²) in [6.07, 6.45) is 5.31. The number of rotatable bonds is 8. The fraction of sp³-hybridized carbons (Fsp3) is 0.314. The van der Waals surface area contributed by atoms with Gasteiger partial charge in [0.15, 0.2) is 0 Å². The smallest absolute Gasteiger partial charge is 0.238 e. The molecule has 2 heterocycles. The summed E-state index contributed by atoms with van der Waals surface area (Å²) >= 11 is 0. The van der Waals surface area contributed by atoms with Crippen LogP contribution in [0.2, 0.25) is 0 Å². The van der Waals surface area contributed by atoms with E-state index < -0.39 is 0 Å². The van der Waals surface area contributed by atoms with E-state index in [-0.39, 0.29) is 41.4 Å². The second kappa shape index (κ2) is 11.4. The zero-order valence-electron chi connectivity index (χ0n) is 23.5. The molecule has 2 amide bonds. The highest BCUT2D eigenvalue weighted by atomic mass is 16.5. The lowest BCUT2D eigenvalue weighted by atomic mass is 9.69. The molecule has 2 fully saturated rings. The van der Waals surface area contributed by atoms with Crippen LogP contribution in [0.5, 0.6) is 5.75 Å². The van der Waals surface area contributed by atoms with E-state index in [4.69, 9.17) is 4.74 Å². The summed E-state index contributed by atoms with van der Waals surface area (Å²) in [5.41, 5.74) is 7.33. The molecule has 0 saturated carbocycles. The number of carbonyl (C=O) groups is 2. The highest BCUT2D eigenvalue weighted by Gasteiger charge is 2.57. The number of phenolic OH excluding ortho intramolecular Hbond substituents is 1. The average molecular weight is 549 g/mol. The first kappa shape index (κ1) is 27.0. The molecule has 2 N–H and O–H groups in total. The summed E-state index contributed by atoms with van der Waals surface area (Å²) in [7, 11) is 0. The summed E-state index contributed by atoms with van der Waals surface area (Å²) in [6.45, 7) is 4.74. The Morgan fingerprint density at radius 1 is 0.951 bits per heavy atom. The maximum atomic E-state index is 13.8. The summed E-state index contributed by atoms with van der Waals surface area (Å²) < 4.78 is 6.34. The molecule has 3 aromatic rings. The zero-order valence-corrected chi connectivity index (χ0v) is 23.5. The van der Waals surface area contributed by atoms with Crippen molar-refractivity contribution in [2.75, 3.05) is 16.8 Å². The fourth-order valence-corrected chi connectivity index (χ4v) is 6.73. The number of para-hydroxylation sites is 1. The first-order valence-electron chi connectivity index (χ1n) is 14.5. The van der Waals surface area contributed by atoms with E-state index in [1.807, 2.05) is 66.7 Å². The zero-order chi connectivity index (χ0) is 28.5. The Bertz CT molecular complexity index is 1490. The average Bonchev–Trinajstić information content (AvgIpc) is 3.52. The van der Waals surface area contributed by atoms with Gasteiger partial charge in [-0.25, -0.2) is 0 Å². The fourth-order valence-electron chi connectivity index (χ4n) is 6.73. The van der Waals surface area contributed by atoms with Crippen LogP contribution in [0.4, 0.5) is 17.1 Å². The van der Waals surface area contributed by atoms with Crippen molar-refractivity contribution in [3.8, 4) is 5.75 Å². The topological polar surface area (TPSA) is 78.9 Å². The Morgan fingerprint density at radius 3 is 2.37 bits per heavy atom. The van der Waals surface area contributed by atoms with Gasteiger partial charge in [-0.1, -0.05) is 54.5 Å². The van der Waals surface area contributed by atoms with E-state index in [9.17, 15) is 14.7 Å². The minimum atomic E-state index is -0.367. The molecule has 0 unspecified atom stereocenters. The first-order chi connectivity index (χ1) is 19.9. The third-order valence-electron chi connectivity index (χ3n) is 8.73. The highest BCUT2D eigenvalue weighted by molar-refractivity contribution is 6.22. The van der Waals surface area contributed by atoms with E-state index >= 15 is 0 Å². The Hall–Kier alpha value is -4.16. The summed E-state index contributed by atoms with van der Waals surface area (Å²) in [4.78, 5) is 28.9. The predicted octanol–water partition coefficient (Wildman–Crippen LogP) is 7.25. The Balaban J connectivity index is 1.17. The molecule has 6 heteroatoms. The van der Waals surface area contributed by atoms with Crippen molar-refractivity contribution >= 4 is 35.0 Å². The molecule has 2 saturated heterocycles. The van der Waals surface area contributed by atoms with Gasteiger partial charge in [0.25, 0.3) is 0 Å². The molecular formula is C35H36N2O4. The standard InChI is InChI=1S/C35H36N2O4/c1-3-24-20-29-33(30-21-41-31(32(24)30)18-9-22(2)19-23-10-16-28(38)17-11-23)35(40)37(34(29)39)27-14-12-26(13-15-27)36-25-7-5-4-6-8-25/h4-8,10-17,19,29-31,33,36,38H,3,9,18,20-21H2,1-2H3/b22-19+/t29-,30+,31-,33-/m1/s1. The van der Waals surface area contributed by atoms with Crippen LogP contribution in [0, 0.1) is 17.8 Å². The molecule has 0 bridgehead atoms. The number of carbonyl (C=O) groups excluding carboxylic acids is 2. The maximum Gasteiger partial charge on any atom is 0.238 e. The van der Waals surface area contributed by atoms with Crippen molar-refractivity contribution < 1.29 is 19.4 Å². The van der Waals surface area contributed by atoms with E-state index in [0.717, 1.165) is 36.2 Å². The third kappa shape index (κ3) is 5.32. The SMILES string of the molecule is CCC1=C2[C@@H](CC/C(C)=C/c3ccc(O)cc3)OC[C@@H]2[C@@H]2C(=O)N(c3ccc(Nc4ccccc4)cc3)C(=O)[C@@H]2C1. The van der Waals surface area contributed by atoms with Crippen LogP contribution < -0.4 is 10.2 Å². The molecule has 0 aromatic heterocycles. The normalized spacial score (nSPS) is 24.0. The van der Waals surface area contributed by atoms with Crippen LogP contribution in [0.15, 0.2) is 95.6 Å². The highest BCUT2D eigenvalue weighted by Crippen LogP contribution is 2.51. The molecule has 1 aliphatic carbocycles. The van der Waals surface area contributed by atoms with Gasteiger partial charge in [0.2, 0.25) is 11.8 Å². The third-order valence-corrected chi connectivity index (χ3v) is 8.73. The summed E-state index contributed by atoms with van der Waals surface area (Å²) in [5.74, 6) is -0.676. The molecule has 3 aromatic carbocycles. The van der Waals surface area contributed by atoms with Gasteiger partial charge in [-0.15, -0.1) is 0 Å². The Labute approximate surface area is 241 Å². The number of ether oxygens (including phenoxy) is 1. The Morgan fingerprint density at radius 2 is 1.66 bits per heavy atom. The number of fused-ring (bicyclic) bond motifs is 3. The van der Waals surface area contributed by atoms with Crippen molar-refractivity contribution in [1.29, 1.82) is 0 Å². The molecule has 6 nitrogen and oxygen atoms in total. The molecule has 0 radical (unpaired) electrons. The van der Waals surface area contributed by atoms with Crippen LogP contribution >= 0.6 is 0 Å². The molecule has 4 atom stereocenters. The minimum absolute atomic E-state index is 0.0284. The molecule has 3 aliphatic rings. The number of imide groups is 1. The molecule has 210 valence electrons. The quantitative estimate of drug-likeness (QED) is 0.229. The van der Waals surface area contributed by atoms with Gasteiger partial charge < -0.3 is 15.2 Å². The van der Waals surface area contributed by atoms with E-state index in [0.29, 0.717) is 18.7 Å². The number of phenols is 1. The van der Waals surface area contributed by atoms with E-state index in [2.05, 4.69) is 25.2 Å². The van der Waals surface area contributed by atoms with Crippen molar-refractivity contribution in [3.05, 3.63) is 101 Å². The van der Waals surface area contributed by atoms with Gasteiger partial charge in [0, 0.05) is 17.3 Å². The second-order valence-corrected chi connectivity index (χ2v) is 11.3. The molecule has 2 aliphatic heterocycles. The minimum Gasteiger partial charge on any atom is -0.508 e. The van der Waals surface area contributed by atoms with Gasteiger partial charge in [-0.3, -0.25) is 14.5 Å². The Kier molecular flexibility index (Phi) is 7.50. The van der Waals surface area contributed by atoms with Crippen molar-refractivity contribution in [1.82, 2.24) is 0 Å². The number of anilines is 3. The van der Waals surface area contributed by atoms with Gasteiger partial charge in [0.1, 0.15) is 5.75 Å². The van der Waals surface area contributed by atoms with Gasteiger partial charge in [0.05, 0.1) is 30.2 Å². The number of benzene rings is 3. The second-order valence-electron chi connectivity index (χ2n) is 11.3. The van der Waals surface area contributed by atoms with Gasteiger partial charge in [-0.2, -0.15) is 0 Å². The number of hydrogen-bond donors (Lipinski definition) is 2. The lowest BCUT2D eigenvalue weighted by Gasteiger charge is -2.31. The largest absolute Gasteiger partial charge is 0.508 e. The maximum absolute atomic E-state index is 13.8. The van der Waals surface area contributed by atoms with Gasteiger partial charge >= 0.3 is 0 Å². The predicted molar refractivity (Wildman–Crippen MR) is 162 cm³/mol. The van der Waals surface area contributed by atoms with Crippen LogP contribution in [-0.2, 0) is 14.3 Å². The lowest BCUT2D eigenvalue weighted by Crippen LogP contribution is -2.34. The number of nitrogens with zero attached hydrogens (tertiary/aromatic N) is 1. The van der Waals surface area contributed by atoms with Crippen molar-refractivity contribution in [3.63, 3.8) is 0 Å². The number of nitrogens with one attached hydrogen (secondary N) is 1. The summed E-state index contributed by atoms with van der Waals surface area (Å²) in [5, 5.41) is 12.9. The summed E-state index contributed by atoms with van der Waals surface area (Å²) in [6, 6.07) is 24.6. The number of amides is 2. The van der Waals surface area contributed by atoms with Crippen LogP contribution in [-0.4, -0.2) is 29.6 Å². The monoisotopic (exact) mass is 548 g/mol. The first-order valence-corrected chi connectivity index (χ1v) is 14.5. The lowest BCUT2D eigenvalue weighted by molar-refractivity contribution is -0.122. The number of allylic oxidation sites excluding steroid dienone is 2. The van der Waals surface area contributed by atoms with Crippen molar-refractivity contribution in [2.24, 2.45) is 17.8 Å². The van der Waals surface area contributed by atoms with Crippen molar-refractivity contribution in [2.45, 2.75) is 45.6 Å².